The van der Waals surface area contributed by atoms with Crippen LogP contribution in [0.5, 0.6) is 0 Å². The maximum atomic E-state index is 12.2. The topological polar surface area (TPSA) is 55.1 Å². The molecule has 0 bridgehead atoms. The van der Waals surface area contributed by atoms with Crippen LogP contribution < -0.4 is 11.1 Å². The van der Waals surface area contributed by atoms with Gasteiger partial charge in [0.2, 0.25) is 5.91 Å². The zero-order valence-electron chi connectivity index (χ0n) is 9.96. The van der Waals surface area contributed by atoms with Crippen molar-refractivity contribution in [1.82, 2.24) is 0 Å². The van der Waals surface area contributed by atoms with E-state index < -0.39 is 0 Å². The largest absolute Gasteiger partial charge is 0.330 e. The molecule has 98 valence electrons. The number of halogens is 2. The molecule has 1 aromatic carbocycles. The molecule has 0 spiro atoms. The number of nitrogens with two attached hydrogens (primary N) is 1. The van der Waals surface area contributed by atoms with Crippen molar-refractivity contribution >= 4 is 34.8 Å². The molecule has 0 aliphatic heterocycles. The van der Waals surface area contributed by atoms with Gasteiger partial charge < -0.3 is 11.1 Å². The molecule has 1 amide bonds. The highest BCUT2D eigenvalue weighted by Crippen LogP contribution is 2.34. The molecule has 0 heterocycles. The van der Waals surface area contributed by atoms with Gasteiger partial charge in [0.25, 0.3) is 0 Å². The highest BCUT2D eigenvalue weighted by molar-refractivity contribution is 6.39. The molecule has 18 heavy (non-hydrogen) atoms. The Morgan fingerprint density at radius 1 is 1.33 bits per heavy atom. The first kappa shape index (κ1) is 13.7. The SMILES string of the molecule is NCC1CCCC1C(=O)Nc1c(Cl)cccc1Cl. The van der Waals surface area contributed by atoms with Crippen molar-refractivity contribution in [2.45, 2.75) is 19.3 Å². The molecule has 0 radical (unpaired) electrons. The number of hydrogen-bond donors (Lipinski definition) is 2. The van der Waals surface area contributed by atoms with Gasteiger partial charge in [-0.2, -0.15) is 0 Å². The summed E-state index contributed by atoms with van der Waals surface area (Å²) in [6.45, 7) is 0.550. The zero-order valence-corrected chi connectivity index (χ0v) is 11.5. The van der Waals surface area contributed by atoms with E-state index in [1.54, 1.807) is 18.2 Å². The van der Waals surface area contributed by atoms with Crippen molar-refractivity contribution < 1.29 is 4.79 Å². The lowest BCUT2D eigenvalue weighted by atomic mass is 9.95. The van der Waals surface area contributed by atoms with Gasteiger partial charge in [-0.15, -0.1) is 0 Å². The molecular weight excluding hydrogens is 271 g/mol. The number of nitrogens with one attached hydrogen (secondary N) is 1. The van der Waals surface area contributed by atoms with Crippen molar-refractivity contribution in [3.63, 3.8) is 0 Å². The van der Waals surface area contributed by atoms with Crippen LogP contribution in [0.2, 0.25) is 10.0 Å². The maximum absolute atomic E-state index is 12.2. The predicted molar refractivity (Wildman–Crippen MR) is 75.0 cm³/mol. The van der Waals surface area contributed by atoms with Gasteiger partial charge in [0.15, 0.2) is 0 Å². The van der Waals surface area contributed by atoms with E-state index in [9.17, 15) is 4.79 Å². The summed E-state index contributed by atoms with van der Waals surface area (Å²) in [4.78, 5) is 12.2. The number of carbonyl (C=O) groups is 1. The molecule has 0 saturated heterocycles. The number of para-hydroxylation sites is 1. The average molecular weight is 287 g/mol. The van der Waals surface area contributed by atoms with Crippen LogP contribution in [0.3, 0.4) is 0 Å². The van der Waals surface area contributed by atoms with E-state index >= 15 is 0 Å². The lowest BCUT2D eigenvalue weighted by Crippen LogP contribution is -2.29. The highest BCUT2D eigenvalue weighted by atomic mass is 35.5. The lowest BCUT2D eigenvalue weighted by molar-refractivity contribution is -0.120. The number of benzene rings is 1. The Morgan fingerprint density at radius 3 is 2.61 bits per heavy atom. The molecule has 1 aliphatic carbocycles. The third kappa shape index (κ3) is 2.79. The summed E-state index contributed by atoms with van der Waals surface area (Å²) in [5.41, 5.74) is 6.18. The summed E-state index contributed by atoms with van der Waals surface area (Å²) in [6.07, 6.45) is 2.96. The summed E-state index contributed by atoms with van der Waals surface area (Å²) >= 11 is 12.1. The fourth-order valence-corrected chi connectivity index (χ4v) is 2.99. The second-order valence-electron chi connectivity index (χ2n) is 4.62. The summed E-state index contributed by atoms with van der Waals surface area (Å²) in [5.74, 6) is 0.214. The van der Waals surface area contributed by atoms with E-state index in [1.807, 2.05) is 0 Å². The van der Waals surface area contributed by atoms with Crippen molar-refractivity contribution in [3.05, 3.63) is 28.2 Å². The molecule has 3 N–H and O–H groups in total. The molecule has 0 aromatic heterocycles. The Bertz CT molecular complexity index is 430. The third-order valence-corrected chi connectivity index (χ3v) is 4.14. The number of carbonyl (C=O) groups excluding carboxylic acids is 1. The first-order chi connectivity index (χ1) is 8.63. The zero-order chi connectivity index (χ0) is 13.1. The standard InChI is InChI=1S/C13H16Cl2N2O/c14-10-5-2-6-11(15)12(10)17-13(18)9-4-1-3-8(9)7-16/h2,5-6,8-9H,1,3-4,7,16H2,(H,17,18). The van der Waals surface area contributed by atoms with Crippen LogP contribution in [0.4, 0.5) is 5.69 Å². The number of anilines is 1. The van der Waals surface area contributed by atoms with Gasteiger partial charge in [0.1, 0.15) is 0 Å². The lowest BCUT2D eigenvalue weighted by Gasteiger charge is -2.18. The summed E-state index contributed by atoms with van der Waals surface area (Å²) in [6, 6.07) is 5.16. The normalized spacial score (nSPS) is 23.1. The molecule has 1 saturated carbocycles. The van der Waals surface area contributed by atoms with Gasteiger partial charge in [-0.05, 0) is 37.4 Å². The fraction of sp³-hybridized carbons (Fsp3) is 0.462. The Labute approximate surface area is 117 Å². The molecule has 2 unspecified atom stereocenters. The Morgan fingerprint density at radius 2 is 2.00 bits per heavy atom. The first-order valence-corrected chi connectivity index (χ1v) is 6.84. The predicted octanol–water partition coefficient (Wildman–Crippen LogP) is 3.31. The van der Waals surface area contributed by atoms with Crippen molar-refractivity contribution in [3.8, 4) is 0 Å². The van der Waals surface area contributed by atoms with Crippen molar-refractivity contribution in [2.24, 2.45) is 17.6 Å². The van der Waals surface area contributed by atoms with Gasteiger partial charge >= 0.3 is 0 Å². The minimum absolute atomic E-state index is 0.0256. The van der Waals surface area contributed by atoms with Gasteiger partial charge in [0.05, 0.1) is 15.7 Å². The second kappa shape index (κ2) is 5.91. The number of amides is 1. The van der Waals surface area contributed by atoms with E-state index in [-0.39, 0.29) is 17.7 Å². The van der Waals surface area contributed by atoms with Crippen LogP contribution >= 0.6 is 23.2 Å². The smallest absolute Gasteiger partial charge is 0.227 e. The van der Waals surface area contributed by atoms with Crippen molar-refractivity contribution in [1.29, 1.82) is 0 Å². The monoisotopic (exact) mass is 286 g/mol. The Hall–Kier alpha value is -0.770. The number of rotatable bonds is 3. The van der Waals surface area contributed by atoms with Gasteiger partial charge in [-0.3, -0.25) is 4.79 Å². The molecule has 2 atom stereocenters. The van der Waals surface area contributed by atoms with Gasteiger partial charge in [-0.25, -0.2) is 0 Å². The fourth-order valence-electron chi connectivity index (χ4n) is 2.50. The van der Waals surface area contributed by atoms with Crippen LogP contribution in [-0.4, -0.2) is 12.5 Å². The van der Waals surface area contributed by atoms with E-state index in [1.165, 1.54) is 0 Å². The van der Waals surface area contributed by atoms with Crippen molar-refractivity contribution in [2.75, 3.05) is 11.9 Å². The third-order valence-electron chi connectivity index (χ3n) is 3.51. The van der Waals surface area contributed by atoms with Gasteiger partial charge in [0, 0.05) is 5.92 Å². The molecule has 2 rings (SSSR count). The summed E-state index contributed by atoms with van der Waals surface area (Å²) in [5, 5.41) is 3.74. The van der Waals surface area contributed by atoms with E-state index in [2.05, 4.69) is 5.32 Å². The van der Waals surface area contributed by atoms with Crippen LogP contribution in [-0.2, 0) is 4.79 Å². The highest BCUT2D eigenvalue weighted by Gasteiger charge is 2.32. The van der Waals surface area contributed by atoms with Crippen LogP contribution in [0.1, 0.15) is 19.3 Å². The minimum Gasteiger partial charge on any atom is -0.330 e. The van der Waals surface area contributed by atoms with Crippen LogP contribution in [0.25, 0.3) is 0 Å². The minimum atomic E-state index is -0.0297. The van der Waals surface area contributed by atoms with E-state index in [0.717, 1.165) is 19.3 Å². The first-order valence-electron chi connectivity index (χ1n) is 6.08. The van der Waals surface area contributed by atoms with Crippen LogP contribution in [0.15, 0.2) is 18.2 Å². The number of hydrogen-bond acceptors (Lipinski definition) is 2. The molecule has 1 fully saturated rings. The average Bonchev–Trinajstić information content (AvgIpc) is 2.82. The molecule has 1 aliphatic rings. The molecular formula is C13H16Cl2N2O. The van der Waals surface area contributed by atoms with Gasteiger partial charge in [-0.1, -0.05) is 35.7 Å². The molecule has 5 heteroatoms. The quantitative estimate of drug-likeness (QED) is 0.896. The summed E-state index contributed by atoms with van der Waals surface area (Å²) < 4.78 is 0. The Kier molecular flexibility index (Phi) is 4.49. The molecule has 1 aromatic rings. The molecule has 3 nitrogen and oxygen atoms in total. The van der Waals surface area contributed by atoms with E-state index in [4.69, 9.17) is 28.9 Å². The van der Waals surface area contributed by atoms with E-state index in [0.29, 0.717) is 22.3 Å². The van der Waals surface area contributed by atoms with Crippen LogP contribution in [0, 0.1) is 11.8 Å². The Balaban J connectivity index is 2.12. The summed E-state index contributed by atoms with van der Waals surface area (Å²) in [7, 11) is 0. The maximum Gasteiger partial charge on any atom is 0.227 e. The second-order valence-corrected chi connectivity index (χ2v) is 5.43.